The molecule has 3 heterocycles. The van der Waals surface area contributed by atoms with Crippen LogP contribution in [0.3, 0.4) is 0 Å². The van der Waals surface area contributed by atoms with Gasteiger partial charge in [0.05, 0.1) is 17.9 Å². The van der Waals surface area contributed by atoms with Crippen LogP contribution in [0.15, 0.2) is 30.5 Å². The third kappa shape index (κ3) is 5.64. The monoisotopic (exact) mass is 438 g/mol. The Bertz CT molecular complexity index is 914. The van der Waals surface area contributed by atoms with E-state index in [4.69, 9.17) is 14.5 Å². The summed E-state index contributed by atoms with van der Waals surface area (Å²) in [7, 11) is 1.68. The van der Waals surface area contributed by atoms with Gasteiger partial charge in [-0.05, 0) is 56.8 Å². The van der Waals surface area contributed by atoms with Crippen molar-refractivity contribution in [1.29, 1.82) is 0 Å². The summed E-state index contributed by atoms with van der Waals surface area (Å²) >= 11 is 0. The molecule has 0 spiro atoms. The Morgan fingerprint density at radius 3 is 2.78 bits per heavy atom. The number of aryl methyl sites for hydroxylation is 1. The molecule has 2 aliphatic rings. The van der Waals surface area contributed by atoms with Crippen LogP contribution < -0.4 is 4.74 Å². The number of likely N-dealkylation sites (tertiary alicyclic amines) is 2. The molecule has 0 unspecified atom stereocenters. The topological polar surface area (TPSA) is 67.8 Å². The number of carbonyl (C=O) groups is 1. The number of hydrogen-bond acceptors (Lipinski definition) is 6. The number of nitrogens with zero attached hydrogens (tertiary/aromatic N) is 4. The molecule has 2 aliphatic heterocycles. The largest absolute Gasteiger partial charge is 0.491 e. The molecular formula is C25H34N4O3. The summed E-state index contributed by atoms with van der Waals surface area (Å²) < 4.78 is 10.8. The first-order chi connectivity index (χ1) is 15.6. The van der Waals surface area contributed by atoms with Crippen LogP contribution in [0.1, 0.15) is 59.0 Å². The van der Waals surface area contributed by atoms with Gasteiger partial charge in [-0.15, -0.1) is 0 Å². The fraction of sp³-hybridized carbons (Fsp3) is 0.560. The number of hydrogen-bond donors (Lipinski definition) is 0. The van der Waals surface area contributed by atoms with E-state index in [1.165, 1.54) is 5.56 Å². The van der Waals surface area contributed by atoms with Crippen molar-refractivity contribution < 1.29 is 14.3 Å². The second-order valence-electron chi connectivity index (χ2n) is 8.79. The van der Waals surface area contributed by atoms with Crippen molar-refractivity contribution in [2.75, 3.05) is 46.5 Å². The molecule has 32 heavy (non-hydrogen) atoms. The number of aromatic nitrogens is 2. The number of rotatable bonds is 8. The molecule has 4 rings (SSSR count). The predicted molar refractivity (Wildman–Crippen MR) is 123 cm³/mol. The molecule has 0 aliphatic carbocycles. The molecule has 7 nitrogen and oxygen atoms in total. The van der Waals surface area contributed by atoms with Crippen LogP contribution in [0.2, 0.25) is 0 Å². The molecule has 1 amide bonds. The summed E-state index contributed by atoms with van der Waals surface area (Å²) in [4.78, 5) is 26.5. The Hall–Kier alpha value is -2.51. The van der Waals surface area contributed by atoms with Crippen LogP contribution in [-0.4, -0.2) is 72.2 Å². The number of carbonyl (C=O) groups excluding carboxylic acids is 1. The molecule has 172 valence electrons. The summed E-state index contributed by atoms with van der Waals surface area (Å²) in [6, 6.07) is 8.28. The van der Waals surface area contributed by atoms with E-state index in [9.17, 15) is 4.79 Å². The third-order valence-corrected chi connectivity index (χ3v) is 6.35. The summed E-state index contributed by atoms with van der Waals surface area (Å²) in [5.74, 6) is 2.11. The van der Waals surface area contributed by atoms with Crippen molar-refractivity contribution in [2.24, 2.45) is 0 Å². The molecule has 0 N–H and O–H groups in total. The maximum absolute atomic E-state index is 12.7. The Balaban J connectivity index is 1.38. The SMILES string of the molecule is COCCOc1cccc(CN2CCC[C@@H](c3ncc(C(=O)N4CCCC4)c(C)n3)C2)c1. The van der Waals surface area contributed by atoms with Crippen LogP contribution in [0.4, 0.5) is 0 Å². The number of piperidine rings is 1. The van der Waals surface area contributed by atoms with E-state index in [1.807, 2.05) is 24.0 Å². The van der Waals surface area contributed by atoms with Crippen molar-refractivity contribution in [3.05, 3.63) is 53.1 Å². The highest BCUT2D eigenvalue weighted by Gasteiger charge is 2.26. The van der Waals surface area contributed by atoms with Crippen LogP contribution in [0.5, 0.6) is 5.75 Å². The molecule has 0 saturated carbocycles. The van der Waals surface area contributed by atoms with Gasteiger partial charge in [-0.3, -0.25) is 9.69 Å². The van der Waals surface area contributed by atoms with Gasteiger partial charge in [0.2, 0.25) is 0 Å². The van der Waals surface area contributed by atoms with E-state index in [0.717, 1.165) is 75.7 Å². The molecule has 2 saturated heterocycles. The highest BCUT2D eigenvalue weighted by Crippen LogP contribution is 2.27. The van der Waals surface area contributed by atoms with Gasteiger partial charge in [-0.2, -0.15) is 0 Å². The van der Waals surface area contributed by atoms with Crippen LogP contribution in [0.25, 0.3) is 0 Å². The fourth-order valence-electron chi connectivity index (χ4n) is 4.63. The van der Waals surface area contributed by atoms with Crippen molar-refractivity contribution in [2.45, 2.75) is 45.1 Å². The highest BCUT2D eigenvalue weighted by molar-refractivity contribution is 5.95. The van der Waals surface area contributed by atoms with E-state index in [-0.39, 0.29) is 5.91 Å². The van der Waals surface area contributed by atoms with Gasteiger partial charge in [0.15, 0.2) is 0 Å². The average molecular weight is 439 g/mol. The Kier molecular flexibility index (Phi) is 7.71. The molecule has 7 heteroatoms. The first-order valence-electron chi connectivity index (χ1n) is 11.7. The van der Waals surface area contributed by atoms with Gasteiger partial charge in [0, 0.05) is 45.4 Å². The minimum absolute atomic E-state index is 0.0735. The molecule has 0 radical (unpaired) electrons. The zero-order chi connectivity index (χ0) is 22.3. The Morgan fingerprint density at radius 2 is 2.00 bits per heavy atom. The normalized spacial score (nSPS) is 19.3. The van der Waals surface area contributed by atoms with Crippen LogP contribution in [-0.2, 0) is 11.3 Å². The first kappa shape index (κ1) is 22.7. The van der Waals surface area contributed by atoms with E-state index in [1.54, 1.807) is 13.3 Å². The first-order valence-corrected chi connectivity index (χ1v) is 11.7. The van der Waals surface area contributed by atoms with E-state index < -0.39 is 0 Å². The van der Waals surface area contributed by atoms with Gasteiger partial charge >= 0.3 is 0 Å². The van der Waals surface area contributed by atoms with Crippen molar-refractivity contribution in [1.82, 2.24) is 19.8 Å². The molecule has 0 bridgehead atoms. The standard InChI is InChI=1S/C25H34N4O3/c1-19-23(25(30)29-11-3-4-12-29)16-26-24(27-19)21-8-6-10-28(18-21)17-20-7-5-9-22(15-20)32-14-13-31-2/h5,7,9,15-16,21H,3-4,6,8,10-14,17-18H2,1-2H3/t21-/m1/s1. The van der Waals surface area contributed by atoms with Crippen molar-refractivity contribution in [3.8, 4) is 5.75 Å². The van der Waals surface area contributed by atoms with Gasteiger partial charge in [0.1, 0.15) is 18.2 Å². The van der Waals surface area contributed by atoms with Crippen LogP contribution in [0, 0.1) is 6.92 Å². The number of methoxy groups -OCH3 is 1. The fourth-order valence-corrected chi connectivity index (χ4v) is 4.63. The average Bonchev–Trinajstić information content (AvgIpc) is 3.34. The molecule has 1 atom stereocenters. The lowest BCUT2D eigenvalue weighted by Gasteiger charge is -2.32. The lowest BCUT2D eigenvalue weighted by molar-refractivity contribution is 0.0791. The summed E-state index contributed by atoms with van der Waals surface area (Å²) in [5, 5.41) is 0. The Morgan fingerprint density at radius 1 is 1.16 bits per heavy atom. The van der Waals surface area contributed by atoms with Crippen molar-refractivity contribution >= 4 is 5.91 Å². The summed E-state index contributed by atoms with van der Waals surface area (Å²) in [5.41, 5.74) is 2.68. The van der Waals surface area contributed by atoms with E-state index in [0.29, 0.717) is 24.7 Å². The number of ether oxygens (including phenoxy) is 2. The zero-order valence-corrected chi connectivity index (χ0v) is 19.3. The van der Waals surface area contributed by atoms with Crippen molar-refractivity contribution in [3.63, 3.8) is 0 Å². The quantitative estimate of drug-likeness (QED) is 0.589. The van der Waals surface area contributed by atoms with Crippen LogP contribution >= 0.6 is 0 Å². The lowest BCUT2D eigenvalue weighted by atomic mass is 9.96. The minimum atomic E-state index is 0.0735. The summed E-state index contributed by atoms with van der Waals surface area (Å²) in [6.45, 7) is 7.63. The Labute approximate surface area is 190 Å². The number of benzene rings is 1. The number of amides is 1. The second-order valence-corrected chi connectivity index (χ2v) is 8.79. The van der Waals surface area contributed by atoms with Gasteiger partial charge < -0.3 is 14.4 Å². The third-order valence-electron chi connectivity index (χ3n) is 6.35. The van der Waals surface area contributed by atoms with Gasteiger partial charge in [-0.25, -0.2) is 9.97 Å². The molecule has 1 aromatic carbocycles. The molecule has 1 aromatic heterocycles. The summed E-state index contributed by atoms with van der Waals surface area (Å²) in [6.07, 6.45) is 6.12. The molecule has 2 fully saturated rings. The molecular weight excluding hydrogens is 404 g/mol. The maximum atomic E-state index is 12.7. The molecule has 2 aromatic rings. The van der Waals surface area contributed by atoms with Gasteiger partial charge in [-0.1, -0.05) is 12.1 Å². The second kappa shape index (κ2) is 10.9. The minimum Gasteiger partial charge on any atom is -0.491 e. The predicted octanol–water partition coefficient (Wildman–Crippen LogP) is 3.43. The maximum Gasteiger partial charge on any atom is 0.257 e. The van der Waals surface area contributed by atoms with Gasteiger partial charge in [0.25, 0.3) is 5.91 Å². The highest BCUT2D eigenvalue weighted by atomic mass is 16.5. The smallest absolute Gasteiger partial charge is 0.257 e. The zero-order valence-electron chi connectivity index (χ0n) is 19.3. The lowest BCUT2D eigenvalue weighted by Crippen LogP contribution is -2.35. The van der Waals surface area contributed by atoms with E-state index in [2.05, 4.69) is 22.0 Å². The van der Waals surface area contributed by atoms with E-state index >= 15 is 0 Å².